The predicted octanol–water partition coefficient (Wildman–Crippen LogP) is 2.33. The Balaban J connectivity index is 3.79. The number of nitrogens with two attached hydrogens (primary N) is 1. The number of hydrogen-bond donors (Lipinski definition) is 1. The van der Waals surface area contributed by atoms with Gasteiger partial charge in [0.15, 0.2) is 0 Å². The molecule has 0 saturated heterocycles. The zero-order chi connectivity index (χ0) is 8.20. The molecule has 0 rings (SSSR count). The fraction of sp³-hybridized carbons (Fsp3) is 0.778. The Hall–Kier alpha value is -0.300. The van der Waals surface area contributed by atoms with E-state index in [1.165, 1.54) is 5.57 Å². The van der Waals surface area contributed by atoms with Gasteiger partial charge in [-0.25, -0.2) is 0 Å². The summed E-state index contributed by atoms with van der Waals surface area (Å²) in [7, 11) is 0. The van der Waals surface area contributed by atoms with E-state index in [9.17, 15) is 0 Å². The van der Waals surface area contributed by atoms with E-state index in [1.807, 2.05) is 0 Å². The zero-order valence-corrected chi connectivity index (χ0v) is 7.57. The Morgan fingerprint density at radius 2 is 1.90 bits per heavy atom. The zero-order valence-electron chi connectivity index (χ0n) is 7.57. The van der Waals surface area contributed by atoms with Gasteiger partial charge in [0.25, 0.3) is 0 Å². The van der Waals surface area contributed by atoms with Crippen LogP contribution >= 0.6 is 0 Å². The van der Waals surface area contributed by atoms with E-state index in [4.69, 9.17) is 5.73 Å². The minimum atomic E-state index is 0.399. The van der Waals surface area contributed by atoms with Crippen LogP contribution in [0.1, 0.15) is 34.1 Å². The Labute approximate surface area is 64.3 Å². The third-order valence-corrected chi connectivity index (χ3v) is 1.28. The first-order valence-corrected chi connectivity index (χ1v) is 3.81. The maximum atomic E-state index is 5.37. The molecule has 0 atom stereocenters. The third kappa shape index (κ3) is 5.83. The first-order valence-electron chi connectivity index (χ1n) is 3.81. The maximum absolute atomic E-state index is 5.37. The number of allylic oxidation sites excluding steroid dienone is 1. The molecule has 0 fully saturated rings. The van der Waals surface area contributed by atoms with Gasteiger partial charge in [0.2, 0.25) is 0 Å². The Morgan fingerprint density at radius 1 is 1.40 bits per heavy atom. The highest BCUT2D eigenvalue weighted by atomic mass is 14.5. The van der Waals surface area contributed by atoms with Gasteiger partial charge in [0.05, 0.1) is 0 Å². The minimum Gasteiger partial charge on any atom is -0.327 e. The van der Waals surface area contributed by atoms with Crippen LogP contribution in [0.25, 0.3) is 0 Å². The Morgan fingerprint density at radius 3 is 2.20 bits per heavy atom. The summed E-state index contributed by atoms with van der Waals surface area (Å²) in [5.74, 6) is 0. The van der Waals surface area contributed by atoms with Gasteiger partial charge in [-0.3, -0.25) is 0 Å². The molecule has 0 heterocycles. The van der Waals surface area contributed by atoms with Crippen LogP contribution in [0, 0.1) is 5.41 Å². The summed E-state index contributed by atoms with van der Waals surface area (Å²) >= 11 is 0. The molecular formula is C9H19N. The average Bonchev–Trinajstić information content (AvgIpc) is 1.59. The Kier molecular flexibility index (Phi) is 3.66. The summed E-state index contributed by atoms with van der Waals surface area (Å²) in [4.78, 5) is 0. The molecule has 0 spiro atoms. The van der Waals surface area contributed by atoms with E-state index in [0.717, 1.165) is 6.42 Å². The van der Waals surface area contributed by atoms with Crippen LogP contribution in [0.5, 0.6) is 0 Å². The van der Waals surface area contributed by atoms with Crippen LogP contribution < -0.4 is 5.73 Å². The van der Waals surface area contributed by atoms with Gasteiger partial charge >= 0.3 is 0 Å². The molecular weight excluding hydrogens is 122 g/mol. The van der Waals surface area contributed by atoms with Crippen LogP contribution in [0.4, 0.5) is 0 Å². The molecule has 0 radical (unpaired) electrons. The van der Waals surface area contributed by atoms with E-state index in [1.54, 1.807) is 0 Å². The van der Waals surface area contributed by atoms with Gasteiger partial charge < -0.3 is 5.73 Å². The molecule has 0 aliphatic heterocycles. The summed E-state index contributed by atoms with van der Waals surface area (Å²) in [5, 5.41) is 0. The van der Waals surface area contributed by atoms with Gasteiger partial charge in [-0.1, -0.05) is 32.4 Å². The molecule has 0 saturated carbocycles. The van der Waals surface area contributed by atoms with Crippen LogP contribution in [0.15, 0.2) is 11.6 Å². The van der Waals surface area contributed by atoms with Crippen molar-refractivity contribution in [3.05, 3.63) is 11.6 Å². The summed E-state index contributed by atoms with van der Waals surface area (Å²) in [6.45, 7) is 9.52. The molecule has 0 aliphatic carbocycles. The molecule has 0 aromatic carbocycles. The second kappa shape index (κ2) is 3.77. The molecule has 0 amide bonds. The fourth-order valence-corrected chi connectivity index (χ4v) is 1.11. The Bertz CT molecular complexity index is 117. The molecule has 0 unspecified atom stereocenters. The molecule has 1 heteroatoms. The SMILES string of the molecule is CC(=CCN)CC(C)(C)C. The van der Waals surface area contributed by atoms with Crippen LogP contribution in [0.2, 0.25) is 0 Å². The fourth-order valence-electron chi connectivity index (χ4n) is 1.11. The van der Waals surface area contributed by atoms with Crippen LogP contribution in [0.3, 0.4) is 0 Å². The van der Waals surface area contributed by atoms with Gasteiger partial charge in [-0.15, -0.1) is 0 Å². The van der Waals surface area contributed by atoms with Crippen molar-refractivity contribution in [3.63, 3.8) is 0 Å². The van der Waals surface area contributed by atoms with Crippen LogP contribution in [-0.2, 0) is 0 Å². The van der Waals surface area contributed by atoms with E-state index >= 15 is 0 Å². The van der Waals surface area contributed by atoms with Crippen molar-refractivity contribution < 1.29 is 0 Å². The highest BCUT2D eigenvalue weighted by molar-refractivity contribution is 5.01. The lowest BCUT2D eigenvalue weighted by Crippen LogP contribution is -2.06. The number of hydrogen-bond acceptors (Lipinski definition) is 1. The van der Waals surface area contributed by atoms with Gasteiger partial charge in [0, 0.05) is 6.54 Å². The minimum absolute atomic E-state index is 0.399. The monoisotopic (exact) mass is 141 g/mol. The molecule has 1 nitrogen and oxygen atoms in total. The lowest BCUT2D eigenvalue weighted by atomic mass is 9.88. The summed E-state index contributed by atoms with van der Waals surface area (Å²) in [6.07, 6.45) is 3.23. The van der Waals surface area contributed by atoms with Crippen molar-refractivity contribution in [1.82, 2.24) is 0 Å². The topological polar surface area (TPSA) is 26.0 Å². The van der Waals surface area contributed by atoms with Crippen molar-refractivity contribution in [2.24, 2.45) is 11.1 Å². The molecule has 2 N–H and O–H groups in total. The van der Waals surface area contributed by atoms with Crippen molar-refractivity contribution in [1.29, 1.82) is 0 Å². The average molecular weight is 141 g/mol. The predicted molar refractivity (Wildman–Crippen MR) is 46.9 cm³/mol. The summed E-state index contributed by atoms with van der Waals surface area (Å²) in [6, 6.07) is 0. The highest BCUT2D eigenvalue weighted by Gasteiger charge is 2.09. The second-order valence-electron chi connectivity index (χ2n) is 4.02. The molecule has 0 aliphatic rings. The lowest BCUT2D eigenvalue weighted by molar-refractivity contribution is 0.409. The standard InChI is InChI=1S/C9H19N/c1-8(5-6-10)7-9(2,3)4/h5H,6-7,10H2,1-4H3. The molecule has 60 valence electrons. The lowest BCUT2D eigenvalue weighted by Gasteiger charge is -2.18. The first kappa shape index (κ1) is 9.70. The van der Waals surface area contributed by atoms with E-state index in [2.05, 4.69) is 33.8 Å². The summed E-state index contributed by atoms with van der Waals surface area (Å²) in [5.41, 5.74) is 7.17. The second-order valence-corrected chi connectivity index (χ2v) is 4.02. The van der Waals surface area contributed by atoms with E-state index in [0.29, 0.717) is 12.0 Å². The largest absolute Gasteiger partial charge is 0.327 e. The molecule has 0 aromatic heterocycles. The van der Waals surface area contributed by atoms with Crippen molar-refractivity contribution in [3.8, 4) is 0 Å². The maximum Gasteiger partial charge on any atom is 0.0109 e. The molecule has 0 aromatic rings. The van der Waals surface area contributed by atoms with Crippen molar-refractivity contribution >= 4 is 0 Å². The van der Waals surface area contributed by atoms with E-state index in [-0.39, 0.29) is 0 Å². The number of rotatable bonds is 2. The quantitative estimate of drug-likeness (QED) is 0.587. The molecule has 0 bridgehead atoms. The van der Waals surface area contributed by atoms with Gasteiger partial charge in [0.1, 0.15) is 0 Å². The normalized spacial score (nSPS) is 13.9. The van der Waals surface area contributed by atoms with E-state index < -0.39 is 0 Å². The van der Waals surface area contributed by atoms with Crippen molar-refractivity contribution in [2.45, 2.75) is 34.1 Å². The first-order chi connectivity index (χ1) is 4.45. The third-order valence-electron chi connectivity index (χ3n) is 1.28. The smallest absolute Gasteiger partial charge is 0.0109 e. The summed E-state index contributed by atoms with van der Waals surface area (Å²) < 4.78 is 0. The van der Waals surface area contributed by atoms with Crippen molar-refractivity contribution in [2.75, 3.05) is 6.54 Å². The highest BCUT2D eigenvalue weighted by Crippen LogP contribution is 2.22. The van der Waals surface area contributed by atoms with Gasteiger partial charge in [-0.2, -0.15) is 0 Å². The van der Waals surface area contributed by atoms with Crippen LogP contribution in [-0.4, -0.2) is 6.54 Å². The van der Waals surface area contributed by atoms with Gasteiger partial charge in [-0.05, 0) is 18.8 Å². The molecule has 10 heavy (non-hydrogen) atoms.